The topological polar surface area (TPSA) is 140 Å². The average Bonchev–Trinajstić information content (AvgIpc) is 2.56. The van der Waals surface area contributed by atoms with E-state index in [-0.39, 0.29) is 20.6 Å². The summed E-state index contributed by atoms with van der Waals surface area (Å²) in [7, 11) is -3.89. The van der Waals surface area contributed by atoms with Crippen LogP contribution in [0.2, 0.25) is 10.0 Å². The Morgan fingerprint density at radius 3 is 2.40 bits per heavy atom. The van der Waals surface area contributed by atoms with E-state index >= 15 is 0 Å². The van der Waals surface area contributed by atoms with Crippen molar-refractivity contribution >= 4 is 50.9 Å². The molecule has 6 N–H and O–H groups in total. The summed E-state index contributed by atoms with van der Waals surface area (Å²) in [5.41, 5.74) is 2.58. The van der Waals surface area contributed by atoms with Crippen molar-refractivity contribution in [2.75, 3.05) is 5.32 Å². The molecular weight excluding hydrogens is 389 g/mol. The number of pyridine rings is 1. The summed E-state index contributed by atoms with van der Waals surface area (Å²) in [6.45, 7) is 0. The summed E-state index contributed by atoms with van der Waals surface area (Å²) in [5.74, 6) is 4.50. The number of amides is 1. The van der Waals surface area contributed by atoms with E-state index in [0.29, 0.717) is 11.3 Å². The first kappa shape index (κ1) is 19.2. The number of anilines is 1. The van der Waals surface area contributed by atoms with E-state index in [0.717, 1.165) is 0 Å². The van der Waals surface area contributed by atoms with Crippen LogP contribution in [0.4, 0.5) is 5.69 Å². The Labute approximate surface area is 153 Å². The second-order valence-electron chi connectivity index (χ2n) is 4.75. The predicted molar refractivity (Wildman–Crippen MR) is 96.0 cm³/mol. The van der Waals surface area contributed by atoms with Crippen LogP contribution in [0.3, 0.4) is 0 Å². The number of halogens is 2. The number of nitrogens with two attached hydrogens (primary N) is 2. The van der Waals surface area contributed by atoms with Gasteiger partial charge in [-0.2, -0.15) is 0 Å². The van der Waals surface area contributed by atoms with Crippen molar-refractivity contribution in [3.05, 3.63) is 58.0 Å². The van der Waals surface area contributed by atoms with Gasteiger partial charge in [-0.3, -0.25) is 15.2 Å². The zero-order valence-electron chi connectivity index (χ0n) is 12.5. The van der Waals surface area contributed by atoms with E-state index in [1.807, 2.05) is 5.43 Å². The third-order valence-electron chi connectivity index (χ3n) is 3.00. The van der Waals surface area contributed by atoms with Gasteiger partial charge in [0.2, 0.25) is 10.0 Å². The molecule has 0 fully saturated rings. The quantitative estimate of drug-likeness (QED) is 0.258. The number of hydrogen-bond donors (Lipinski definition) is 4. The van der Waals surface area contributed by atoms with Gasteiger partial charge in [0, 0.05) is 23.6 Å². The molecular formula is C14H13Cl2N5O3S. The molecule has 0 spiro atoms. The SMILES string of the molecule is NNC(=O)/C(=C\c1c(Cl)cncc1Cl)Nc1cccc(S(N)(=O)=O)c1. The molecule has 0 bridgehead atoms. The van der Waals surface area contributed by atoms with Gasteiger partial charge in [-0.25, -0.2) is 19.4 Å². The molecule has 1 aromatic heterocycles. The molecule has 2 aromatic rings. The summed E-state index contributed by atoms with van der Waals surface area (Å²) < 4.78 is 22.9. The lowest BCUT2D eigenvalue weighted by atomic mass is 10.2. The van der Waals surface area contributed by atoms with Crippen LogP contribution in [0.5, 0.6) is 0 Å². The van der Waals surface area contributed by atoms with Crippen LogP contribution in [0, 0.1) is 0 Å². The van der Waals surface area contributed by atoms with Gasteiger partial charge in [0.25, 0.3) is 5.91 Å². The van der Waals surface area contributed by atoms with Gasteiger partial charge in [0.05, 0.1) is 14.9 Å². The molecule has 0 aliphatic rings. The molecule has 2 rings (SSSR count). The molecule has 1 heterocycles. The fourth-order valence-electron chi connectivity index (χ4n) is 1.85. The molecule has 0 saturated carbocycles. The lowest BCUT2D eigenvalue weighted by Gasteiger charge is -2.12. The Balaban J connectivity index is 2.47. The number of hydrazine groups is 1. The Morgan fingerprint density at radius 1 is 1.20 bits per heavy atom. The minimum Gasteiger partial charge on any atom is -0.351 e. The van der Waals surface area contributed by atoms with Gasteiger partial charge in [-0.15, -0.1) is 0 Å². The van der Waals surface area contributed by atoms with Crippen molar-refractivity contribution < 1.29 is 13.2 Å². The molecule has 132 valence electrons. The average molecular weight is 402 g/mol. The lowest BCUT2D eigenvalue weighted by Crippen LogP contribution is -2.33. The minimum atomic E-state index is -3.89. The van der Waals surface area contributed by atoms with E-state index in [2.05, 4.69) is 10.3 Å². The highest BCUT2D eigenvalue weighted by atomic mass is 35.5. The Morgan fingerprint density at radius 2 is 1.84 bits per heavy atom. The zero-order chi connectivity index (χ0) is 18.6. The highest BCUT2D eigenvalue weighted by Crippen LogP contribution is 2.26. The van der Waals surface area contributed by atoms with Crippen LogP contribution in [0.15, 0.2) is 47.3 Å². The maximum atomic E-state index is 12.0. The first-order valence-electron chi connectivity index (χ1n) is 6.64. The van der Waals surface area contributed by atoms with Crippen LogP contribution >= 0.6 is 23.2 Å². The third kappa shape index (κ3) is 4.91. The van der Waals surface area contributed by atoms with E-state index in [9.17, 15) is 13.2 Å². The van der Waals surface area contributed by atoms with E-state index < -0.39 is 15.9 Å². The van der Waals surface area contributed by atoms with Crippen LogP contribution < -0.4 is 21.7 Å². The van der Waals surface area contributed by atoms with Crippen molar-refractivity contribution in [3.8, 4) is 0 Å². The summed E-state index contributed by atoms with van der Waals surface area (Å²) in [4.78, 5) is 15.7. The second-order valence-corrected chi connectivity index (χ2v) is 7.12. The largest absolute Gasteiger partial charge is 0.351 e. The number of aromatic nitrogens is 1. The number of nitrogens with one attached hydrogen (secondary N) is 2. The van der Waals surface area contributed by atoms with Gasteiger partial charge in [-0.1, -0.05) is 29.3 Å². The summed E-state index contributed by atoms with van der Waals surface area (Å²) in [5, 5.41) is 8.29. The number of sulfonamides is 1. The highest BCUT2D eigenvalue weighted by Gasteiger charge is 2.14. The van der Waals surface area contributed by atoms with Crippen molar-refractivity contribution in [2.45, 2.75) is 4.90 Å². The molecule has 11 heteroatoms. The Hall–Kier alpha value is -2.17. The number of nitrogens with zero attached hydrogens (tertiary/aromatic N) is 1. The Bertz CT molecular complexity index is 927. The van der Waals surface area contributed by atoms with Crippen LogP contribution in [-0.4, -0.2) is 19.3 Å². The van der Waals surface area contributed by atoms with Crippen molar-refractivity contribution in [1.29, 1.82) is 0 Å². The normalized spacial score (nSPS) is 11.9. The van der Waals surface area contributed by atoms with Crippen LogP contribution in [0.25, 0.3) is 6.08 Å². The second kappa shape index (κ2) is 7.81. The lowest BCUT2D eigenvalue weighted by molar-refractivity contribution is -0.117. The maximum absolute atomic E-state index is 12.0. The van der Waals surface area contributed by atoms with Crippen LogP contribution in [0.1, 0.15) is 5.56 Å². The monoisotopic (exact) mass is 401 g/mol. The molecule has 0 radical (unpaired) electrons. The molecule has 0 saturated heterocycles. The highest BCUT2D eigenvalue weighted by molar-refractivity contribution is 7.89. The smallest absolute Gasteiger partial charge is 0.281 e. The molecule has 8 nitrogen and oxygen atoms in total. The van der Waals surface area contributed by atoms with E-state index in [1.165, 1.54) is 36.7 Å². The fraction of sp³-hybridized carbons (Fsp3) is 0. The molecule has 25 heavy (non-hydrogen) atoms. The molecule has 0 unspecified atom stereocenters. The van der Waals surface area contributed by atoms with Gasteiger partial charge in [0.1, 0.15) is 5.70 Å². The van der Waals surface area contributed by atoms with Crippen molar-refractivity contribution in [3.63, 3.8) is 0 Å². The molecule has 0 atom stereocenters. The summed E-state index contributed by atoms with van der Waals surface area (Å²) in [6.07, 6.45) is 4.08. The maximum Gasteiger partial charge on any atom is 0.281 e. The molecule has 0 aliphatic heterocycles. The van der Waals surface area contributed by atoms with Crippen molar-refractivity contribution in [2.24, 2.45) is 11.0 Å². The number of rotatable bonds is 5. The van der Waals surface area contributed by atoms with Crippen molar-refractivity contribution in [1.82, 2.24) is 10.4 Å². The fourth-order valence-corrected chi connectivity index (χ4v) is 2.88. The van der Waals surface area contributed by atoms with Gasteiger partial charge >= 0.3 is 0 Å². The van der Waals surface area contributed by atoms with Crippen LogP contribution in [-0.2, 0) is 14.8 Å². The van der Waals surface area contributed by atoms with Gasteiger partial charge in [0.15, 0.2) is 0 Å². The summed E-state index contributed by atoms with van der Waals surface area (Å²) >= 11 is 12.1. The van der Waals surface area contributed by atoms with E-state index in [4.69, 9.17) is 34.2 Å². The number of carbonyl (C=O) groups excluding carboxylic acids is 1. The molecule has 1 amide bonds. The van der Waals surface area contributed by atoms with Gasteiger partial charge in [-0.05, 0) is 24.3 Å². The minimum absolute atomic E-state index is 0.0240. The number of benzene rings is 1. The predicted octanol–water partition coefficient (Wildman–Crippen LogP) is 1.48. The number of carbonyl (C=O) groups is 1. The molecule has 1 aromatic carbocycles. The molecule has 0 aliphatic carbocycles. The number of primary sulfonamides is 1. The Kier molecular flexibility index (Phi) is 5.98. The zero-order valence-corrected chi connectivity index (χ0v) is 14.9. The third-order valence-corrected chi connectivity index (χ3v) is 4.51. The number of hydrogen-bond acceptors (Lipinski definition) is 6. The summed E-state index contributed by atoms with van der Waals surface area (Å²) in [6, 6.07) is 5.60. The first-order valence-corrected chi connectivity index (χ1v) is 8.94. The first-order chi connectivity index (χ1) is 11.7. The standard InChI is InChI=1S/C14H13Cl2N5O3S/c15-11-6-19-7-12(16)10(11)5-13(14(22)21-17)20-8-2-1-3-9(4-8)25(18,23)24/h1-7,20H,17H2,(H,21,22)(H2,18,23,24)/b13-5+. The van der Waals surface area contributed by atoms with E-state index in [1.54, 1.807) is 6.07 Å². The van der Waals surface area contributed by atoms with Gasteiger partial charge < -0.3 is 5.32 Å².